The summed E-state index contributed by atoms with van der Waals surface area (Å²) < 4.78 is 2.11. The maximum atomic E-state index is 11.6. The lowest BCUT2D eigenvalue weighted by molar-refractivity contribution is -0.128. The van der Waals surface area contributed by atoms with Crippen molar-refractivity contribution < 1.29 is 4.79 Å². The standard InChI is InChI=1S/C14H16N2O/c1-15-8-6-12-9-11(4-5-13(12)15)10-16-7-2-3-14(16)17/h4-6,8-9H,2-3,7,10H2,1H3. The second-order valence-electron chi connectivity index (χ2n) is 4.74. The molecule has 1 aromatic heterocycles. The van der Waals surface area contributed by atoms with E-state index >= 15 is 0 Å². The van der Waals surface area contributed by atoms with Crippen LogP contribution in [0.4, 0.5) is 0 Å². The minimum Gasteiger partial charge on any atom is -0.351 e. The molecule has 2 heterocycles. The molecule has 0 bridgehead atoms. The average molecular weight is 228 g/mol. The number of aryl methyl sites for hydroxylation is 1. The lowest BCUT2D eigenvalue weighted by atomic mass is 10.1. The Morgan fingerprint density at radius 2 is 2.18 bits per heavy atom. The Balaban J connectivity index is 1.88. The second-order valence-corrected chi connectivity index (χ2v) is 4.74. The lowest BCUT2D eigenvalue weighted by Crippen LogP contribution is -2.23. The van der Waals surface area contributed by atoms with Crippen LogP contribution in [-0.4, -0.2) is 21.9 Å². The van der Waals surface area contributed by atoms with E-state index in [2.05, 4.69) is 35.0 Å². The van der Waals surface area contributed by atoms with Crippen LogP contribution >= 0.6 is 0 Å². The molecule has 1 aliphatic heterocycles. The zero-order valence-corrected chi connectivity index (χ0v) is 10.0. The molecule has 1 aliphatic rings. The first-order chi connectivity index (χ1) is 8.24. The Morgan fingerprint density at radius 1 is 1.29 bits per heavy atom. The van der Waals surface area contributed by atoms with E-state index in [0.29, 0.717) is 6.42 Å². The summed E-state index contributed by atoms with van der Waals surface area (Å²) in [6, 6.07) is 8.55. The van der Waals surface area contributed by atoms with E-state index in [0.717, 1.165) is 19.5 Å². The molecule has 0 unspecified atom stereocenters. The molecule has 1 amide bonds. The summed E-state index contributed by atoms with van der Waals surface area (Å²) in [6.45, 7) is 1.66. The van der Waals surface area contributed by atoms with Gasteiger partial charge in [-0.3, -0.25) is 4.79 Å². The van der Waals surface area contributed by atoms with Crippen molar-refractivity contribution in [2.24, 2.45) is 7.05 Å². The van der Waals surface area contributed by atoms with Gasteiger partial charge in [0, 0.05) is 38.3 Å². The highest BCUT2D eigenvalue weighted by atomic mass is 16.2. The number of amides is 1. The van der Waals surface area contributed by atoms with Crippen LogP contribution in [0.2, 0.25) is 0 Å². The fourth-order valence-corrected chi connectivity index (χ4v) is 2.52. The number of hydrogen-bond donors (Lipinski definition) is 0. The Kier molecular flexibility index (Phi) is 2.39. The van der Waals surface area contributed by atoms with Gasteiger partial charge in [-0.05, 0) is 35.6 Å². The van der Waals surface area contributed by atoms with E-state index in [1.807, 2.05) is 11.9 Å². The van der Waals surface area contributed by atoms with Crippen LogP contribution in [0.15, 0.2) is 30.5 Å². The summed E-state index contributed by atoms with van der Waals surface area (Å²) in [7, 11) is 2.05. The van der Waals surface area contributed by atoms with E-state index in [4.69, 9.17) is 0 Å². The van der Waals surface area contributed by atoms with Gasteiger partial charge < -0.3 is 9.47 Å². The minimum atomic E-state index is 0.290. The number of hydrogen-bond acceptors (Lipinski definition) is 1. The molecule has 0 saturated carbocycles. The topological polar surface area (TPSA) is 25.2 Å². The predicted molar refractivity (Wildman–Crippen MR) is 67.6 cm³/mol. The van der Waals surface area contributed by atoms with Crippen molar-refractivity contribution in [3.63, 3.8) is 0 Å². The first kappa shape index (κ1) is 10.4. The van der Waals surface area contributed by atoms with E-state index < -0.39 is 0 Å². The highest BCUT2D eigenvalue weighted by molar-refractivity contribution is 5.81. The molecule has 17 heavy (non-hydrogen) atoms. The van der Waals surface area contributed by atoms with Crippen molar-refractivity contribution in [3.05, 3.63) is 36.0 Å². The zero-order valence-electron chi connectivity index (χ0n) is 10.0. The molecule has 1 aromatic carbocycles. The quantitative estimate of drug-likeness (QED) is 0.774. The van der Waals surface area contributed by atoms with Gasteiger partial charge in [0.1, 0.15) is 0 Å². The third kappa shape index (κ3) is 1.82. The molecule has 3 nitrogen and oxygen atoms in total. The molecule has 3 heteroatoms. The maximum absolute atomic E-state index is 11.6. The Hall–Kier alpha value is -1.77. The molecule has 88 valence electrons. The van der Waals surface area contributed by atoms with Crippen molar-refractivity contribution in [1.29, 1.82) is 0 Å². The maximum Gasteiger partial charge on any atom is 0.222 e. The molecule has 3 rings (SSSR count). The molecule has 0 spiro atoms. The highest BCUT2D eigenvalue weighted by Crippen LogP contribution is 2.19. The second kappa shape index (κ2) is 3.91. The van der Waals surface area contributed by atoms with Crippen LogP contribution in [0.3, 0.4) is 0 Å². The number of benzene rings is 1. The molecule has 2 aromatic rings. The van der Waals surface area contributed by atoms with Crippen LogP contribution in [-0.2, 0) is 18.4 Å². The van der Waals surface area contributed by atoms with Crippen LogP contribution in [0.1, 0.15) is 18.4 Å². The van der Waals surface area contributed by atoms with Crippen LogP contribution in [0, 0.1) is 0 Å². The van der Waals surface area contributed by atoms with E-state index in [-0.39, 0.29) is 5.91 Å². The molecule has 1 saturated heterocycles. The minimum absolute atomic E-state index is 0.290. The summed E-state index contributed by atoms with van der Waals surface area (Å²) in [5, 5.41) is 1.25. The Labute approximate surface area is 101 Å². The summed E-state index contributed by atoms with van der Waals surface area (Å²) in [5.74, 6) is 0.290. The number of carbonyl (C=O) groups excluding carboxylic acids is 1. The van der Waals surface area contributed by atoms with Gasteiger partial charge in [0.05, 0.1) is 0 Å². The molecule has 0 N–H and O–H groups in total. The van der Waals surface area contributed by atoms with Gasteiger partial charge in [-0.1, -0.05) is 6.07 Å². The Morgan fingerprint density at radius 3 is 2.94 bits per heavy atom. The molecular weight excluding hydrogens is 212 g/mol. The fourth-order valence-electron chi connectivity index (χ4n) is 2.52. The molecule has 0 atom stereocenters. The summed E-state index contributed by atoms with van der Waals surface area (Å²) in [5.41, 5.74) is 2.46. The van der Waals surface area contributed by atoms with Crippen molar-refractivity contribution in [3.8, 4) is 0 Å². The monoisotopic (exact) mass is 228 g/mol. The number of likely N-dealkylation sites (tertiary alicyclic amines) is 1. The largest absolute Gasteiger partial charge is 0.351 e. The van der Waals surface area contributed by atoms with Crippen LogP contribution in [0.5, 0.6) is 0 Å². The van der Waals surface area contributed by atoms with Crippen molar-refractivity contribution >= 4 is 16.8 Å². The van der Waals surface area contributed by atoms with Gasteiger partial charge in [-0.15, -0.1) is 0 Å². The van der Waals surface area contributed by atoms with E-state index in [9.17, 15) is 4.79 Å². The van der Waals surface area contributed by atoms with Gasteiger partial charge in [0.2, 0.25) is 5.91 Å². The van der Waals surface area contributed by atoms with Crippen LogP contribution < -0.4 is 0 Å². The number of carbonyl (C=O) groups is 1. The molecule has 1 fully saturated rings. The number of nitrogens with zero attached hydrogens (tertiary/aromatic N) is 2. The van der Waals surface area contributed by atoms with Gasteiger partial charge in [0.15, 0.2) is 0 Å². The van der Waals surface area contributed by atoms with Crippen LogP contribution in [0.25, 0.3) is 10.9 Å². The first-order valence-corrected chi connectivity index (χ1v) is 6.06. The molecule has 0 radical (unpaired) electrons. The molecular formula is C14H16N2O. The van der Waals surface area contributed by atoms with Gasteiger partial charge in [-0.25, -0.2) is 0 Å². The SMILES string of the molecule is Cn1ccc2cc(CN3CCCC3=O)ccc21. The summed E-state index contributed by atoms with van der Waals surface area (Å²) in [6.07, 6.45) is 3.79. The number of rotatable bonds is 2. The third-order valence-corrected chi connectivity index (χ3v) is 3.49. The average Bonchev–Trinajstić information content (AvgIpc) is 2.87. The number of fused-ring (bicyclic) bond motifs is 1. The van der Waals surface area contributed by atoms with Crippen molar-refractivity contribution in [1.82, 2.24) is 9.47 Å². The first-order valence-electron chi connectivity index (χ1n) is 6.06. The zero-order chi connectivity index (χ0) is 11.8. The highest BCUT2D eigenvalue weighted by Gasteiger charge is 2.19. The van der Waals surface area contributed by atoms with Gasteiger partial charge >= 0.3 is 0 Å². The van der Waals surface area contributed by atoms with Gasteiger partial charge in [-0.2, -0.15) is 0 Å². The number of aromatic nitrogens is 1. The van der Waals surface area contributed by atoms with Gasteiger partial charge in [0.25, 0.3) is 0 Å². The summed E-state index contributed by atoms with van der Waals surface area (Å²) >= 11 is 0. The van der Waals surface area contributed by atoms with E-state index in [1.54, 1.807) is 0 Å². The van der Waals surface area contributed by atoms with E-state index in [1.165, 1.54) is 16.5 Å². The molecule has 0 aliphatic carbocycles. The fraction of sp³-hybridized carbons (Fsp3) is 0.357. The predicted octanol–water partition coefficient (Wildman–Crippen LogP) is 2.30. The van der Waals surface area contributed by atoms with Crippen molar-refractivity contribution in [2.45, 2.75) is 19.4 Å². The lowest BCUT2D eigenvalue weighted by Gasteiger charge is -2.15. The van der Waals surface area contributed by atoms with Crippen molar-refractivity contribution in [2.75, 3.05) is 6.54 Å². The third-order valence-electron chi connectivity index (χ3n) is 3.49. The summed E-state index contributed by atoms with van der Waals surface area (Å²) in [4.78, 5) is 13.5. The smallest absolute Gasteiger partial charge is 0.222 e. The normalized spacial score (nSPS) is 16.1. The Bertz CT molecular complexity index is 571.